The van der Waals surface area contributed by atoms with E-state index in [0.29, 0.717) is 6.04 Å². The van der Waals surface area contributed by atoms with Crippen LogP contribution < -0.4 is 14.2 Å². The Labute approximate surface area is 135 Å². The molecular weight excluding hydrogens is 294 g/mol. The molecule has 0 aromatic heterocycles. The lowest BCUT2D eigenvalue weighted by Crippen LogP contribution is -2.49. The lowest BCUT2D eigenvalue weighted by Gasteiger charge is -2.46. The van der Waals surface area contributed by atoms with Crippen LogP contribution in [0.5, 0.6) is 17.2 Å². The van der Waals surface area contributed by atoms with Crippen molar-refractivity contribution in [1.29, 1.82) is 0 Å². The molecule has 23 heavy (non-hydrogen) atoms. The standard InChI is InChI=1S/C18H21NO4/c1-20-11-3-4-18-5-6-19(15(18)7-11)9-12-13(18)8-14-17(16(12)21-2)23-10-22-14/h3-4,8,11,15H,5-7,9-10H2,1-2H3/t11-,15+,18+/m1/s1. The zero-order chi connectivity index (χ0) is 15.6. The van der Waals surface area contributed by atoms with E-state index in [1.807, 2.05) is 0 Å². The molecule has 5 nitrogen and oxygen atoms in total. The van der Waals surface area contributed by atoms with Crippen LogP contribution in [0.15, 0.2) is 18.2 Å². The molecule has 1 aliphatic carbocycles. The fraction of sp³-hybridized carbons (Fsp3) is 0.556. The van der Waals surface area contributed by atoms with Gasteiger partial charge in [-0.15, -0.1) is 0 Å². The van der Waals surface area contributed by atoms with Gasteiger partial charge in [0.2, 0.25) is 12.5 Å². The number of fused-ring (bicyclic) bond motifs is 2. The number of nitrogens with zero attached hydrogens (tertiary/aromatic N) is 1. The second-order valence-corrected chi connectivity index (χ2v) is 6.82. The topological polar surface area (TPSA) is 40.2 Å². The van der Waals surface area contributed by atoms with Gasteiger partial charge in [0.25, 0.3) is 0 Å². The van der Waals surface area contributed by atoms with E-state index in [1.54, 1.807) is 14.2 Å². The second kappa shape index (κ2) is 4.65. The highest BCUT2D eigenvalue weighted by molar-refractivity contribution is 5.64. The number of benzene rings is 1. The maximum Gasteiger partial charge on any atom is 0.231 e. The molecule has 0 saturated carbocycles. The average molecular weight is 315 g/mol. The maximum atomic E-state index is 5.72. The molecule has 2 bridgehead atoms. The van der Waals surface area contributed by atoms with Crippen molar-refractivity contribution in [3.8, 4) is 17.2 Å². The van der Waals surface area contributed by atoms with E-state index >= 15 is 0 Å². The zero-order valence-corrected chi connectivity index (χ0v) is 13.5. The first-order chi connectivity index (χ1) is 11.3. The summed E-state index contributed by atoms with van der Waals surface area (Å²) in [5.41, 5.74) is 2.66. The van der Waals surface area contributed by atoms with Crippen molar-refractivity contribution >= 4 is 0 Å². The smallest absolute Gasteiger partial charge is 0.231 e. The summed E-state index contributed by atoms with van der Waals surface area (Å²) < 4.78 is 22.6. The van der Waals surface area contributed by atoms with Crippen molar-refractivity contribution in [3.63, 3.8) is 0 Å². The minimum atomic E-state index is 0.0525. The van der Waals surface area contributed by atoms with E-state index in [1.165, 1.54) is 11.1 Å². The predicted octanol–water partition coefficient (Wildman–Crippen LogP) is 2.22. The van der Waals surface area contributed by atoms with Gasteiger partial charge in [-0.25, -0.2) is 0 Å². The van der Waals surface area contributed by atoms with E-state index in [4.69, 9.17) is 18.9 Å². The largest absolute Gasteiger partial charge is 0.492 e. The van der Waals surface area contributed by atoms with Gasteiger partial charge in [-0.3, -0.25) is 4.90 Å². The van der Waals surface area contributed by atoms with Gasteiger partial charge in [0.05, 0.1) is 13.2 Å². The van der Waals surface area contributed by atoms with Gasteiger partial charge in [0.1, 0.15) is 0 Å². The molecular formula is C18H21NO4. The number of hydrogen-bond donors (Lipinski definition) is 0. The Morgan fingerprint density at radius 2 is 2.22 bits per heavy atom. The van der Waals surface area contributed by atoms with Crippen LogP contribution in [0.2, 0.25) is 0 Å². The van der Waals surface area contributed by atoms with Gasteiger partial charge in [-0.05, 0) is 24.5 Å². The van der Waals surface area contributed by atoms with Crippen molar-refractivity contribution in [1.82, 2.24) is 4.90 Å². The fourth-order valence-corrected chi connectivity index (χ4v) is 4.92. The third-order valence-electron chi connectivity index (χ3n) is 6.00. The lowest BCUT2D eigenvalue weighted by molar-refractivity contribution is 0.0744. The first-order valence-electron chi connectivity index (χ1n) is 8.23. The Hall–Kier alpha value is -1.72. The van der Waals surface area contributed by atoms with Crippen molar-refractivity contribution in [2.45, 2.75) is 36.9 Å². The first kappa shape index (κ1) is 13.7. The SMILES string of the molecule is COc1c2c(cc3c1OCO3)[C@@]13C=C[C@@H](OC)C[C@@H]1N(CC3)C2. The van der Waals surface area contributed by atoms with E-state index in [2.05, 4.69) is 23.1 Å². The minimum absolute atomic E-state index is 0.0525. The summed E-state index contributed by atoms with van der Waals surface area (Å²) in [6, 6.07) is 2.68. The molecule has 0 spiro atoms. The highest BCUT2D eigenvalue weighted by atomic mass is 16.7. The summed E-state index contributed by atoms with van der Waals surface area (Å²) in [5, 5.41) is 0. The molecule has 1 fully saturated rings. The molecule has 5 heteroatoms. The van der Waals surface area contributed by atoms with Crippen LogP contribution in [-0.2, 0) is 16.7 Å². The first-order valence-corrected chi connectivity index (χ1v) is 8.23. The molecule has 4 aliphatic rings. The van der Waals surface area contributed by atoms with E-state index < -0.39 is 0 Å². The summed E-state index contributed by atoms with van der Waals surface area (Å²) >= 11 is 0. The Balaban J connectivity index is 1.73. The summed E-state index contributed by atoms with van der Waals surface area (Å²) in [5.74, 6) is 2.43. The molecule has 122 valence electrons. The Kier molecular flexibility index (Phi) is 2.77. The summed E-state index contributed by atoms with van der Waals surface area (Å²) in [7, 11) is 3.51. The van der Waals surface area contributed by atoms with Crippen LogP contribution in [-0.4, -0.2) is 44.6 Å². The van der Waals surface area contributed by atoms with Gasteiger partial charge in [0.15, 0.2) is 11.5 Å². The van der Waals surface area contributed by atoms with E-state index in [0.717, 1.165) is 43.2 Å². The third-order valence-corrected chi connectivity index (χ3v) is 6.00. The number of methoxy groups -OCH3 is 2. The molecule has 1 aromatic carbocycles. The molecule has 3 heterocycles. The van der Waals surface area contributed by atoms with Gasteiger partial charge >= 0.3 is 0 Å². The van der Waals surface area contributed by atoms with Crippen LogP contribution in [0.1, 0.15) is 24.0 Å². The van der Waals surface area contributed by atoms with Crippen molar-refractivity contribution in [2.24, 2.45) is 0 Å². The summed E-state index contributed by atoms with van der Waals surface area (Å²) in [4.78, 5) is 2.57. The summed E-state index contributed by atoms with van der Waals surface area (Å²) in [6.45, 7) is 2.29. The quantitative estimate of drug-likeness (QED) is 0.783. The van der Waals surface area contributed by atoms with Crippen LogP contribution in [0.25, 0.3) is 0 Å². The maximum absolute atomic E-state index is 5.72. The van der Waals surface area contributed by atoms with Gasteiger partial charge < -0.3 is 18.9 Å². The lowest BCUT2D eigenvalue weighted by atomic mass is 9.66. The predicted molar refractivity (Wildman–Crippen MR) is 84.2 cm³/mol. The number of hydrogen-bond acceptors (Lipinski definition) is 5. The van der Waals surface area contributed by atoms with E-state index in [-0.39, 0.29) is 18.3 Å². The van der Waals surface area contributed by atoms with Crippen LogP contribution in [0.4, 0.5) is 0 Å². The minimum Gasteiger partial charge on any atom is -0.492 e. The summed E-state index contributed by atoms with van der Waals surface area (Å²) in [6.07, 6.45) is 7.00. The molecule has 0 amide bonds. The molecule has 0 radical (unpaired) electrons. The van der Waals surface area contributed by atoms with Crippen LogP contribution >= 0.6 is 0 Å². The molecule has 0 N–H and O–H groups in total. The Morgan fingerprint density at radius 1 is 1.30 bits per heavy atom. The highest BCUT2D eigenvalue weighted by Gasteiger charge is 2.54. The monoisotopic (exact) mass is 315 g/mol. The molecule has 1 aromatic rings. The average Bonchev–Trinajstić information content (AvgIpc) is 3.15. The molecule has 1 unspecified atom stereocenters. The molecule has 1 saturated heterocycles. The van der Waals surface area contributed by atoms with Crippen LogP contribution in [0, 0.1) is 0 Å². The van der Waals surface area contributed by atoms with Crippen LogP contribution in [0.3, 0.4) is 0 Å². The van der Waals surface area contributed by atoms with Crippen molar-refractivity contribution in [3.05, 3.63) is 29.3 Å². The highest BCUT2D eigenvalue weighted by Crippen LogP contribution is 2.57. The van der Waals surface area contributed by atoms with Crippen molar-refractivity contribution < 1.29 is 18.9 Å². The normalized spacial score (nSPS) is 35.8. The van der Waals surface area contributed by atoms with Crippen molar-refractivity contribution in [2.75, 3.05) is 27.6 Å². The zero-order valence-electron chi connectivity index (χ0n) is 13.5. The van der Waals surface area contributed by atoms with E-state index in [9.17, 15) is 0 Å². The Morgan fingerprint density at radius 3 is 3.04 bits per heavy atom. The second-order valence-electron chi connectivity index (χ2n) is 6.82. The van der Waals surface area contributed by atoms with Gasteiger partial charge in [0, 0.05) is 37.2 Å². The van der Waals surface area contributed by atoms with Gasteiger partial charge in [-0.2, -0.15) is 0 Å². The molecule has 5 rings (SSSR count). The van der Waals surface area contributed by atoms with Gasteiger partial charge in [-0.1, -0.05) is 12.2 Å². The fourth-order valence-electron chi connectivity index (χ4n) is 4.92. The third kappa shape index (κ3) is 1.64. The number of rotatable bonds is 2. The molecule has 4 atom stereocenters. The number of ether oxygens (including phenoxy) is 4. The molecule has 3 aliphatic heterocycles. The Bertz CT molecular complexity index is 701.